The van der Waals surface area contributed by atoms with Crippen LogP contribution in [0.4, 0.5) is 0 Å². The predicted octanol–water partition coefficient (Wildman–Crippen LogP) is 1.17. The maximum absolute atomic E-state index is 12.5. The van der Waals surface area contributed by atoms with Crippen molar-refractivity contribution in [3.8, 4) is 18.2 Å². The van der Waals surface area contributed by atoms with Crippen LogP contribution < -0.4 is 5.32 Å². The average molecular weight is 306 g/mol. The fourth-order valence-electron chi connectivity index (χ4n) is 4.07. The molecule has 1 amide bonds. The van der Waals surface area contributed by atoms with Crippen molar-refractivity contribution in [3.63, 3.8) is 0 Å². The molecule has 2 N–H and O–H groups in total. The van der Waals surface area contributed by atoms with Crippen molar-refractivity contribution in [1.82, 2.24) is 5.32 Å². The second kappa shape index (κ2) is 4.56. The molecule has 1 aliphatic heterocycles. The predicted molar refractivity (Wildman–Crippen MR) is 77.8 cm³/mol. The van der Waals surface area contributed by atoms with E-state index in [1.807, 2.05) is 18.2 Å². The normalized spacial score (nSPS) is 37.1. The Kier molecular flexibility index (Phi) is 2.98. The second-order valence-electron chi connectivity index (χ2n) is 6.28. The number of carbonyl (C=O) groups is 1. The van der Waals surface area contributed by atoms with E-state index in [2.05, 4.69) is 5.32 Å². The van der Waals surface area contributed by atoms with E-state index >= 15 is 0 Å². The number of nitrogens with zero attached hydrogens (tertiary/aromatic N) is 3. The van der Waals surface area contributed by atoms with Crippen molar-refractivity contribution < 1.29 is 9.90 Å². The number of hydrogen-bond donors (Lipinski definition) is 2. The Morgan fingerprint density at radius 1 is 1.17 bits per heavy atom. The van der Waals surface area contributed by atoms with E-state index in [0.717, 1.165) is 0 Å². The van der Waals surface area contributed by atoms with Crippen LogP contribution in [0.2, 0.25) is 0 Å². The topological polar surface area (TPSA) is 121 Å². The van der Waals surface area contributed by atoms with E-state index in [1.54, 1.807) is 37.3 Å². The van der Waals surface area contributed by atoms with Gasteiger partial charge in [-0.15, -0.1) is 0 Å². The fourth-order valence-corrected chi connectivity index (χ4v) is 4.07. The molecule has 3 rings (SSSR count). The van der Waals surface area contributed by atoms with Gasteiger partial charge in [0.15, 0.2) is 10.8 Å². The molecule has 114 valence electrons. The number of benzene rings is 1. The number of carbonyl (C=O) groups excluding carboxylic acids is 1. The lowest BCUT2D eigenvalue weighted by Crippen LogP contribution is -2.56. The third-order valence-corrected chi connectivity index (χ3v) is 5.35. The Morgan fingerprint density at radius 2 is 1.78 bits per heavy atom. The van der Waals surface area contributed by atoms with Gasteiger partial charge in [-0.3, -0.25) is 4.79 Å². The summed E-state index contributed by atoms with van der Waals surface area (Å²) >= 11 is 0. The highest BCUT2D eigenvalue weighted by atomic mass is 16.3. The third-order valence-electron chi connectivity index (χ3n) is 5.35. The molecule has 6 heteroatoms. The van der Waals surface area contributed by atoms with Gasteiger partial charge in [0.25, 0.3) is 0 Å². The van der Waals surface area contributed by atoms with Crippen molar-refractivity contribution in [2.45, 2.75) is 25.0 Å². The zero-order valence-electron chi connectivity index (χ0n) is 12.4. The van der Waals surface area contributed by atoms with Crippen molar-refractivity contribution in [3.05, 3.63) is 35.9 Å². The molecular formula is C17H14N4O2. The molecule has 2 fully saturated rings. The first-order valence-electron chi connectivity index (χ1n) is 7.24. The minimum atomic E-state index is -1.89. The van der Waals surface area contributed by atoms with Gasteiger partial charge in [0.1, 0.15) is 5.72 Å². The standard InChI is InChI=1S/C17H14N4O2/c1-11-13(12-5-3-2-4-6-12)16(9-19,10-20)15(8-18)7-17(11,23)21-14(15)22/h2-6,11,13,23H,7H2,1H3,(H,21,22)/t11-,13-,15+,17+/m0/s1. The summed E-state index contributed by atoms with van der Waals surface area (Å²) in [4.78, 5) is 12.5. The lowest BCUT2D eigenvalue weighted by Gasteiger charge is -2.48. The van der Waals surface area contributed by atoms with E-state index in [9.17, 15) is 25.7 Å². The summed E-state index contributed by atoms with van der Waals surface area (Å²) in [7, 11) is 0. The van der Waals surface area contributed by atoms with E-state index in [1.165, 1.54) is 0 Å². The van der Waals surface area contributed by atoms with Gasteiger partial charge in [0, 0.05) is 18.3 Å². The quantitative estimate of drug-likeness (QED) is 0.806. The molecule has 0 unspecified atom stereocenters. The molecule has 6 nitrogen and oxygen atoms in total. The van der Waals surface area contributed by atoms with E-state index in [4.69, 9.17) is 0 Å². The van der Waals surface area contributed by atoms with Crippen LogP contribution in [-0.2, 0) is 4.79 Å². The Balaban J connectivity index is 2.35. The van der Waals surface area contributed by atoms with E-state index < -0.39 is 34.3 Å². The van der Waals surface area contributed by atoms with Gasteiger partial charge in [-0.1, -0.05) is 37.3 Å². The van der Waals surface area contributed by atoms with Crippen LogP contribution in [0.3, 0.4) is 0 Å². The minimum absolute atomic E-state index is 0.263. The number of hydrogen-bond acceptors (Lipinski definition) is 5. The largest absolute Gasteiger partial charge is 0.371 e. The summed E-state index contributed by atoms with van der Waals surface area (Å²) in [6.07, 6.45) is -0.263. The van der Waals surface area contributed by atoms with Crippen LogP contribution in [0.15, 0.2) is 30.3 Å². The highest BCUT2D eigenvalue weighted by molar-refractivity contribution is 5.92. The fraction of sp³-hybridized carbons (Fsp3) is 0.412. The molecule has 1 aromatic carbocycles. The first-order valence-corrected chi connectivity index (χ1v) is 7.24. The molecule has 23 heavy (non-hydrogen) atoms. The molecule has 0 aromatic heterocycles. The summed E-state index contributed by atoms with van der Waals surface area (Å²) in [5.74, 6) is -2.12. The maximum Gasteiger partial charge on any atom is 0.245 e. The van der Waals surface area contributed by atoms with E-state index in [-0.39, 0.29) is 6.42 Å². The number of amides is 1. The zero-order valence-corrected chi connectivity index (χ0v) is 12.4. The molecular weight excluding hydrogens is 292 g/mol. The number of nitrogens with one attached hydrogen (secondary N) is 1. The summed E-state index contributed by atoms with van der Waals surface area (Å²) in [6.45, 7) is 1.69. The van der Waals surface area contributed by atoms with Crippen LogP contribution >= 0.6 is 0 Å². The summed E-state index contributed by atoms with van der Waals surface area (Å²) in [5.41, 5.74) is -4.71. The van der Waals surface area contributed by atoms with Crippen molar-refractivity contribution >= 4 is 5.91 Å². The third kappa shape index (κ3) is 1.55. The number of nitriles is 3. The Hall–Kier alpha value is -2.88. The van der Waals surface area contributed by atoms with Gasteiger partial charge in [0.2, 0.25) is 5.91 Å². The minimum Gasteiger partial charge on any atom is -0.371 e. The Bertz CT molecular complexity index is 787. The molecule has 1 heterocycles. The SMILES string of the molecule is C[C@H]1[C@@H](c2ccccc2)C(C#N)(C#N)[C@@]2(C#N)C[C@]1(O)NC2=O. The van der Waals surface area contributed by atoms with Crippen LogP contribution in [0.25, 0.3) is 0 Å². The van der Waals surface area contributed by atoms with Crippen molar-refractivity contribution in [1.29, 1.82) is 15.8 Å². The Labute approximate surface area is 133 Å². The molecule has 1 saturated carbocycles. The molecule has 2 bridgehead atoms. The summed E-state index contributed by atoms with van der Waals surface area (Å²) in [5, 5.41) is 42.6. The lowest BCUT2D eigenvalue weighted by atomic mass is 9.49. The monoisotopic (exact) mass is 306 g/mol. The summed E-state index contributed by atoms with van der Waals surface area (Å²) in [6, 6.07) is 14.6. The second-order valence-corrected chi connectivity index (χ2v) is 6.28. The van der Waals surface area contributed by atoms with Crippen LogP contribution in [-0.4, -0.2) is 16.7 Å². The van der Waals surface area contributed by atoms with Crippen LogP contribution in [0.5, 0.6) is 0 Å². The van der Waals surface area contributed by atoms with Gasteiger partial charge in [0.05, 0.1) is 18.2 Å². The highest BCUT2D eigenvalue weighted by Crippen LogP contribution is 2.64. The molecule has 0 radical (unpaired) electrons. The molecule has 1 aliphatic carbocycles. The van der Waals surface area contributed by atoms with Gasteiger partial charge in [-0.2, -0.15) is 15.8 Å². The van der Waals surface area contributed by atoms with Gasteiger partial charge in [-0.05, 0) is 5.56 Å². The number of fused-ring (bicyclic) bond motifs is 2. The average Bonchev–Trinajstić information content (AvgIpc) is 2.82. The maximum atomic E-state index is 12.5. The van der Waals surface area contributed by atoms with Crippen LogP contribution in [0, 0.1) is 50.7 Å². The zero-order chi connectivity index (χ0) is 16.9. The summed E-state index contributed by atoms with van der Waals surface area (Å²) < 4.78 is 0. The van der Waals surface area contributed by atoms with Crippen molar-refractivity contribution in [2.24, 2.45) is 16.7 Å². The van der Waals surface area contributed by atoms with E-state index in [0.29, 0.717) is 5.56 Å². The Morgan fingerprint density at radius 3 is 2.30 bits per heavy atom. The first kappa shape index (κ1) is 15.0. The smallest absolute Gasteiger partial charge is 0.245 e. The first-order chi connectivity index (χ1) is 10.9. The highest BCUT2D eigenvalue weighted by Gasteiger charge is 2.76. The van der Waals surface area contributed by atoms with Crippen molar-refractivity contribution in [2.75, 3.05) is 0 Å². The van der Waals surface area contributed by atoms with Gasteiger partial charge < -0.3 is 10.4 Å². The number of aliphatic hydroxyl groups is 1. The molecule has 1 aromatic rings. The van der Waals surface area contributed by atoms with Crippen LogP contribution in [0.1, 0.15) is 24.8 Å². The molecule has 2 aliphatic rings. The molecule has 1 saturated heterocycles. The molecule has 0 spiro atoms. The lowest BCUT2D eigenvalue weighted by molar-refractivity contribution is -0.128. The van der Waals surface area contributed by atoms with Gasteiger partial charge >= 0.3 is 0 Å². The van der Waals surface area contributed by atoms with Gasteiger partial charge in [-0.25, -0.2) is 0 Å². The number of rotatable bonds is 1. The molecule has 4 atom stereocenters.